The van der Waals surface area contributed by atoms with E-state index in [-0.39, 0.29) is 11.9 Å². The van der Waals surface area contributed by atoms with Gasteiger partial charge in [0.1, 0.15) is 0 Å². The van der Waals surface area contributed by atoms with Crippen LogP contribution in [-0.2, 0) is 4.79 Å². The average Bonchev–Trinajstić information content (AvgIpc) is 2.75. The fourth-order valence-corrected chi connectivity index (χ4v) is 2.63. The maximum absolute atomic E-state index is 11.7. The normalized spacial score (nSPS) is 20.7. The van der Waals surface area contributed by atoms with Gasteiger partial charge in [-0.05, 0) is 31.1 Å². The molecular formula is C13H26N2O. The Morgan fingerprint density at radius 1 is 1.38 bits per heavy atom. The lowest BCUT2D eigenvalue weighted by atomic mass is 9.83. The highest BCUT2D eigenvalue weighted by atomic mass is 16.2. The Labute approximate surface area is 99.2 Å². The predicted molar refractivity (Wildman–Crippen MR) is 67.1 cm³/mol. The van der Waals surface area contributed by atoms with Crippen molar-refractivity contribution in [2.45, 2.75) is 64.8 Å². The van der Waals surface area contributed by atoms with Crippen LogP contribution >= 0.6 is 0 Å². The van der Waals surface area contributed by atoms with Crippen LogP contribution in [0.15, 0.2) is 0 Å². The smallest absolute Gasteiger partial charge is 0.236 e. The SMILES string of the molecule is CCC[C@H](N)C(=O)NCC1(CC)CCCC1. The molecule has 0 aromatic carbocycles. The molecule has 0 bridgehead atoms. The lowest BCUT2D eigenvalue weighted by molar-refractivity contribution is -0.123. The van der Waals surface area contributed by atoms with E-state index in [0.29, 0.717) is 5.41 Å². The van der Waals surface area contributed by atoms with Gasteiger partial charge in [0.2, 0.25) is 5.91 Å². The first-order chi connectivity index (χ1) is 7.63. The molecule has 3 heteroatoms. The predicted octanol–water partition coefficient (Wildman–Crippen LogP) is 2.20. The number of hydrogen-bond acceptors (Lipinski definition) is 2. The van der Waals surface area contributed by atoms with Gasteiger partial charge in [-0.1, -0.05) is 33.1 Å². The van der Waals surface area contributed by atoms with Crippen LogP contribution in [0.2, 0.25) is 0 Å². The zero-order chi connectivity index (χ0) is 12.0. The molecule has 94 valence electrons. The highest BCUT2D eigenvalue weighted by molar-refractivity contribution is 5.81. The zero-order valence-electron chi connectivity index (χ0n) is 10.7. The minimum Gasteiger partial charge on any atom is -0.354 e. The van der Waals surface area contributed by atoms with Gasteiger partial charge in [-0.25, -0.2) is 0 Å². The molecule has 3 N–H and O–H groups in total. The van der Waals surface area contributed by atoms with Gasteiger partial charge in [-0.15, -0.1) is 0 Å². The molecule has 3 nitrogen and oxygen atoms in total. The highest BCUT2D eigenvalue weighted by Crippen LogP contribution is 2.40. The second kappa shape index (κ2) is 6.24. The van der Waals surface area contributed by atoms with Crippen LogP contribution in [0.3, 0.4) is 0 Å². The summed E-state index contributed by atoms with van der Waals surface area (Å²) >= 11 is 0. The highest BCUT2D eigenvalue weighted by Gasteiger charge is 2.32. The molecule has 0 heterocycles. The molecule has 0 aliphatic heterocycles. The molecule has 1 amide bonds. The van der Waals surface area contributed by atoms with Gasteiger partial charge >= 0.3 is 0 Å². The van der Waals surface area contributed by atoms with Crippen molar-refractivity contribution in [3.63, 3.8) is 0 Å². The van der Waals surface area contributed by atoms with Crippen LogP contribution in [0.25, 0.3) is 0 Å². The topological polar surface area (TPSA) is 55.1 Å². The van der Waals surface area contributed by atoms with Crippen LogP contribution in [0.1, 0.15) is 58.8 Å². The summed E-state index contributed by atoms with van der Waals surface area (Å²) in [6, 6.07) is -0.319. The summed E-state index contributed by atoms with van der Waals surface area (Å²) in [5, 5.41) is 3.04. The lowest BCUT2D eigenvalue weighted by Gasteiger charge is -2.28. The second-order valence-corrected chi connectivity index (χ2v) is 5.17. The summed E-state index contributed by atoms with van der Waals surface area (Å²) in [7, 11) is 0. The summed E-state index contributed by atoms with van der Waals surface area (Å²) in [5.74, 6) is 0.0292. The summed E-state index contributed by atoms with van der Waals surface area (Å²) in [6.07, 6.45) is 8.05. The van der Waals surface area contributed by atoms with E-state index in [9.17, 15) is 4.79 Å². The van der Waals surface area contributed by atoms with Crippen molar-refractivity contribution in [1.82, 2.24) is 5.32 Å². The summed E-state index contributed by atoms with van der Waals surface area (Å²) < 4.78 is 0. The molecule has 16 heavy (non-hydrogen) atoms. The first-order valence-corrected chi connectivity index (χ1v) is 6.67. The number of carbonyl (C=O) groups excluding carboxylic acids is 1. The van der Waals surface area contributed by atoms with Gasteiger partial charge in [0.25, 0.3) is 0 Å². The van der Waals surface area contributed by atoms with E-state index in [1.807, 2.05) is 0 Å². The second-order valence-electron chi connectivity index (χ2n) is 5.17. The number of hydrogen-bond donors (Lipinski definition) is 2. The molecule has 1 atom stereocenters. The third kappa shape index (κ3) is 3.48. The van der Waals surface area contributed by atoms with E-state index in [2.05, 4.69) is 19.2 Å². The van der Waals surface area contributed by atoms with Crippen molar-refractivity contribution in [3.05, 3.63) is 0 Å². The quantitative estimate of drug-likeness (QED) is 0.729. The number of nitrogens with two attached hydrogens (primary N) is 1. The largest absolute Gasteiger partial charge is 0.354 e. The Morgan fingerprint density at radius 2 is 2.00 bits per heavy atom. The van der Waals surface area contributed by atoms with E-state index >= 15 is 0 Å². The number of rotatable bonds is 6. The van der Waals surface area contributed by atoms with E-state index in [1.54, 1.807) is 0 Å². The first kappa shape index (κ1) is 13.5. The maximum Gasteiger partial charge on any atom is 0.236 e. The Bertz CT molecular complexity index is 222. The minimum absolute atomic E-state index is 0.0292. The monoisotopic (exact) mass is 226 g/mol. The van der Waals surface area contributed by atoms with Crippen LogP contribution in [0, 0.1) is 5.41 Å². The van der Waals surface area contributed by atoms with Crippen molar-refractivity contribution in [1.29, 1.82) is 0 Å². The van der Waals surface area contributed by atoms with E-state index < -0.39 is 0 Å². The summed E-state index contributed by atoms with van der Waals surface area (Å²) in [4.78, 5) is 11.7. The molecule has 1 saturated carbocycles. The van der Waals surface area contributed by atoms with Gasteiger partial charge in [-0.3, -0.25) is 4.79 Å². The average molecular weight is 226 g/mol. The molecule has 1 aliphatic rings. The third-order valence-electron chi connectivity index (χ3n) is 3.99. The number of amides is 1. The Hall–Kier alpha value is -0.570. The molecule has 1 rings (SSSR count). The third-order valence-corrected chi connectivity index (χ3v) is 3.99. The van der Waals surface area contributed by atoms with Crippen molar-refractivity contribution in [2.24, 2.45) is 11.1 Å². The van der Waals surface area contributed by atoms with Crippen LogP contribution in [0.5, 0.6) is 0 Å². The van der Waals surface area contributed by atoms with Gasteiger partial charge in [0.05, 0.1) is 6.04 Å². The lowest BCUT2D eigenvalue weighted by Crippen LogP contribution is -2.44. The van der Waals surface area contributed by atoms with Gasteiger partial charge in [0, 0.05) is 6.54 Å². The maximum atomic E-state index is 11.7. The fourth-order valence-electron chi connectivity index (χ4n) is 2.63. The summed E-state index contributed by atoms with van der Waals surface area (Å²) in [5.41, 5.74) is 6.15. The molecule has 0 saturated heterocycles. The number of nitrogens with one attached hydrogen (secondary N) is 1. The van der Waals surface area contributed by atoms with E-state index in [0.717, 1.165) is 25.8 Å². The standard InChI is InChI=1S/C13H26N2O/c1-3-7-11(14)12(16)15-10-13(4-2)8-5-6-9-13/h11H,3-10,14H2,1-2H3,(H,15,16)/t11-/m0/s1. The Morgan fingerprint density at radius 3 is 2.50 bits per heavy atom. The molecule has 0 radical (unpaired) electrons. The van der Waals surface area contributed by atoms with Crippen LogP contribution < -0.4 is 11.1 Å². The van der Waals surface area contributed by atoms with Gasteiger partial charge < -0.3 is 11.1 Å². The molecule has 0 aromatic rings. The molecule has 0 spiro atoms. The molecule has 0 aromatic heterocycles. The van der Waals surface area contributed by atoms with Crippen molar-refractivity contribution in [3.8, 4) is 0 Å². The first-order valence-electron chi connectivity index (χ1n) is 6.67. The molecule has 0 unspecified atom stereocenters. The van der Waals surface area contributed by atoms with Crippen LogP contribution in [-0.4, -0.2) is 18.5 Å². The zero-order valence-corrected chi connectivity index (χ0v) is 10.7. The molecule has 1 fully saturated rings. The minimum atomic E-state index is -0.319. The van der Waals surface area contributed by atoms with Crippen molar-refractivity contribution in [2.75, 3.05) is 6.54 Å². The van der Waals surface area contributed by atoms with E-state index in [4.69, 9.17) is 5.73 Å². The Balaban J connectivity index is 2.35. The summed E-state index contributed by atoms with van der Waals surface area (Å²) in [6.45, 7) is 5.10. The van der Waals surface area contributed by atoms with Crippen molar-refractivity contribution >= 4 is 5.91 Å². The Kier molecular flexibility index (Phi) is 5.26. The fraction of sp³-hybridized carbons (Fsp3) is 0.923. The van der Waals surface area contributed by atoms with E-state index in [1.165, 1.54) is 25.7 Å². The molecule has 1 aliphatic carbocycles. The van der Waals surface area contributed by atoms with Crippen LogP contribution in [0.4, 0.5) is 0 Å². The van der Waals surface area contributed by atoms with Crippen molar-refractivity contribution < 1.29 is 4.79 Å². The number of carbonyl (C=O) groups is 1. The van der Waals surface area contributed by atoms with Gasteiger partial charge in [0.15, 0.2) is 0 Å². The molecular weight excluding hydrogens is 200 g/mol. The van der Waals surface area contributed by atoms with Gasteiger partial charge in [-0.2, -0.15) is 0 Å².